The number of hydrogen-bond acceptors (Lipinski definition) is 3. The summed E-state index contributed by atoms with van der Waals surface area (Å²) in [5, 5.41) is 0. The molecule has 0 aromatic rings. The van der Waals surface area contributed by atoms with Gasteiger partial charge in [0.1, 0.15) is 0 Å². The van der Waals surface area contributed by atoms with Gasteiger partial charge in [-0.05, 0) is 98.7 Å². The van der Waals surface area contributed by atoms with Crippen LogP contribution < -0.4 is 5.73 Å². The van der Waals surface area contributed by atoms with Crippen LogP contribution in [0.1, 0.15) is 100 Å². The first kappa shape index (κ1) is 26.9. The second kappa shape index (κ2) is 9.03. The molecule has 36 heavy (non-hydrogen) atoms. The van der Waals surface area contributed by atoms with Gasteiger partial charge in [-0.3, -0.25) is 9.59 Å². The lowest BCUT2D eigenvalue weighted by molar-refractivity contribution is -0.141. The van der Waals surface area contributed by atoms with Crippen LogP contribution in [0.25, 0.3) is 0 Å². The maximum absolute atomic E-state index is 13.0. The summed E-state index contributed by atoms with van der Waals surface area (Å²) in [6.07, 6.45) is 13.9. The van der Waals surface area contributed by atoms with Crippen LogP contribution in [0.2, 0.25) is 0 Å². The number of fused-ring (bicyclic) bond motifs is 7. The highest BCUT2D eigenvalue weighted by molar-refractivity contribution is 6.07. The summed E-state index contributed by atoms with van der Waals surface area (Å²) in [7, 11) is 0. The van der Waals surface area contributed by atoms with Crippen LogP contribution in [0, 0.1) is 33.5 Å². The smallest absolute Gasteiger partial charge is 0.223 e. The summed E-state index contributed by atoms with van der Waals surface area (Å²) >= 11 is 0. The summed E-state index contributed by atoms with van der Waals surface area (Å²) < 4.78 is 5.73. The van der Waals surface area contributed by atoms with Crippen molar-refractivity contribution in [1.29, 1.82) is 0 Å². The quantitative estimate of drug-likeness (QED) is 0.451. The Morgan fingerprint density at radius 3 is 2.33 bits per heavy atom. The predicted molar refractivity (Wildman–Crippen MR) is 146 cm³/mol. The predicted octanol–water partition coefficient (Wildman–Crippen LogP) is 7.21. The number of primary amides is 1. The van der Waals surface area contributed by atoms with Crippen molar-refractivity contribution in [3.8, 4) is 0 Å². The molecule has 198 valence electrons. The number of allylic oxidation sites excluding steroid dienone is 7. The number of hydrogen-bond donors (Lipinski definition) is 1. The number of rotatable bonds is 3. The second-order valence-electron chi connectivity index (χ2n) is 12.8. The Balaban J connectivity index is 0.00000148. The molecule has 3 fully saturated rings. The number of carbonyl (C=O) groups is 2. The molecular formula is C32H47NO3. The van der Waals surface area contributed by atoms with Gasteiger partial charge in [-0.1, -0.05) is 59.3 Å². The highest BCUT2D eigenvalue weighted by atomic mass is 16.5. The Kier molecular flexibility index (Phi) is 6.76. The topological polar surface area (TPSA) is 69.4 Å². The molecule has 5 aliphatic rings. The third kappa shape index (κ3) is 3.69. The van der Waals surface area contributed by atoms with E-state index in [1.54, 1.807) is 0 Å². The van der Waals surface area contributed by atoms with E-state index in [9.17, 15) is 9.59 Å². The van der Waals surface area contributed by atoms with Gasteiger partial charge in [0.15, 0.2) is 5.76 Å². The van der Waals surface area contributed by atoms with Crippen LogP contribution in [-0.4, -0.2) is 18.3 Å². The van der Waals surface area contributed by atoms with Gasteiger partial charge in [0.05, 0.1) is 6.61 Å². The number of ether oxygens (including phenoxy) is 1. The van der Waals surface area contributed by atoms with Crippen LogP contribution in [0.4, 0.5) is 0 Å². The largest absolute Gasteiger partial charge is 0.489 e. The van der Waals surface area contributed by atoms with E-state index >= 15 is 0 Å². The lowest BCUT2D eigenvalue weighted by Crippen LogP contribution is -2.57. The monoisotopic (exact) mass is 493 g/mol. The second-order valence-corrected chi connectivity index (χ2v) is 12.8. The fourth-order valence-corrected chi connectivity index (χ4v) is 8.58. The maximum atomic E-state index is 13.0. The van der Waals surface area contributed by atoms with E-state index in [4.69, 9.17) is 10.5 Å². The minimum atomic E-state index is -0.396. The molecule has 5 unspecified atom stereocenters. The van der Waals surface area contributed by atoms with Crippen molar-refractivity contribution < 1.29 is 14.3 Å². The fourth-order valence-electron chi connectivity index (χ4n) is 8.58. The van der Waals surface area contributed by atoms with E-state index in [2.05, 4.69) is 39.8 Å². The van der Waals surface area contributed by atoms with Gasteiger partial charge < -0.3 is 10.5 Å². The van der Waals surface area contributed by atoms with E-state index in [1.807, 2.05) is 33.8 Å². The Bertz CT molecular complexity index is 1090. The van der Waals surface area contributed by atoms with Crippen LogP contribution in [0.5, 0.6) is 0 Å². The Morgan fingerprint density at radius 2 is 1.69 bits per heavy atom. The third-order valence-electron chi connectivity index (χ3n) is 10.9. The molecule has 4 nitrogen and oxygen atoms in total. The van der Waals surface area contributed by atoms with Crippen LogP contribution in [0.15, 0.2) is 46.3 Å². The SMILES string of the molecule is CC.CCOC1=C(C)C2=CC=C3C(C)(CCC4C5C[C@](C)(C(N)=O)CCC5(C)CCC34C)C2=CC1=O. The Morgan fingerprint density at radius 1 is 1.03 bits per heavy atom. The molecule has 3 saturated carbocycles. The van der Waals surface area contributed by atoms with E-state index in [0.29, 0.717) is 24.2 Å². The molecule has 2 N–H and O–H groups in total. The van der Waals surface area contributed by atoms with Gasteiger partial charge >= 0.3 is 0 Å². The molecule has 0 spiro atoms. The third-order valence-corrected chi connectivity index (χ3v) is 10.9. The summed E-state index contributed by atoms with van der Waals surface area (Å²) in [6.45, 7) is 17.8. The van der Waals surface area contributed by atoms with Crippen molar-refractivity contribution in [3.05, 3.63) is 46.3 Å². The van der Waals surface area contributed by atoms with Gasteiger partial charge in [0, 0.05) is 16.4 Å². The van der Waals surface area contributed by atoms with Gasteiger partial charge in [0.2, 0.25) is 11.7 Å². The summed E-state index contributed by atoms with van der Waals surface area (Å²) in [5.74, 6) is 1.41. The minimum absolute atomic E-state index is 0.00183. The zero-order chi connectivity index (χ0) is 26.7. The molecule has 6 atom stereocenters. The first-order valence-electron chi connectivity index (χ1n) is 14.2. The zero-order valence-corrected chi connectivity index (χ0v) is 23.8. The fraction of sp³-hybridized carbons (Fsp3) is 0.688. The van der Waals surface area contributed by atoms with Crippen LogP contribution >= 0.6 is 0 Å². The molecule has 4 heteroatoms. The van der Waals surface area contributed by atoms with Crippen molar-refractivity contribution in [2.45, 2.75) is 100 Å². The Labute approximate surface area is 218 Å². The number of ketones is 1. The number of amides is 1. The molecule has 0 bridgehead atoms. The van der Waals surface area contributed by atoms with Crippen LogP contribution in [0.3, 0.4) is 0 Å². The highest BCUT2D eigenvalue weighted by Crippen LogP contribution is 2.70. The highest BCUT2D eigenvalue weighted by Gasteiger charge is 2.62. The summed E-state index contributed by atoms with van der Waals surface area (Å²) in [4.78, 5) is 25.5. The molecular weight excluding hydrogens is 446 g/mol. The van der Waals surface area contributed by atoms with E-state index in [0.717, 1.165) is 43.3 Å². The normalized spacial score (nSPS) is 41.2. The zero-order valence-electron chi connectivity index (χ0n) is 23.8. The lowest BCUT2D eigenvalue weighted by atomic mass is 9.39. The van der Waals surface area contributed by atoms with E-state index in [-0.39, 0.29) is 27.9 Å². The van der Waals surface area contributed by atoms with Crippen molar-refractivity contribution in [2.75, 3.05) is 6.61 Å². The van der Waals surface area contributed by atoms with Crippen molar-refractivity contribution in [3.63, 3.8) is 0 Å². The molecule has 1 amide bonds. The summed E-state index contributed by atoms with van der Waals surface area (Å²) in [5.41, 5.74) is 10.5. The van der Waals surface area contributed by atoms with Gasteiger partial charge in [-0.15, -0.1) is 0 Å². The maximum Gasteiger partial charge on any atom is 0.223 e. The summed E-state index contributed by atoms with van der Waals surface area (Å²) in [6, 6.07) is 0. The molecule has 0 aromatic carbocycles. The van der Waals surface area contributed by atoms with Crippen molar-refractivity contribution in [1.82, 2.24) is 0 Å². The van der Waals surface area contributed by atoms with Gasteiger partial charge in [0.25, 0.3) is 0 Å². The molecule has 0 saturated heterocycles. The van der Waals surface area contributed by atoms with Gasteiger partial charge in [-0.2, -0.15) is 0 Å². The molecule has 0 radical (unpaired) electrons. The van der Waals surface area contributed by atoms with E-state index in [1.165, 1.54) is 24.0 Å². The molecule has 5 aliphatic carbocycles. The molecule has 0 aliphatic heterocycles. The first-order valence-corrected chi connectivity index (χ1v) is 14.2. The average Bonchev–Trinajstić information content (AvgIpc) is 2.84. The molecule has 0 heterocycles. The van der Waals surface area contributed by atoms with E-state index < -0.39 is 5.41 Å². The first-order chi connectivity index (χ1) is 16.9. The van der Waals surface area contributed by atoms with Crippen molar-refractivity contribution >= 4 is 11.7 Å². The minimum Gasteiger partial charge on any atom is -0.489 e. The number of carbonyl (C=O) groups excluding carboxylic acids is 2. The van der Waals surface area contributed by atoms with Crippen LogP contribution in [-0.2, 0) is 14.3 Å². The lowest BCUT2D eigenvalue weighted by Gasteiger charge is -2.64. The Hall–Kier alpha value is -2.10. The standard InChI is InChI=1S/C30H41NO3.C2H6/c1-7-34-25-18(2)19-8-9-24-29(5,21(19)16-23(25)32)11-10-20-22-17-28(4,26(31)33)13-12-27(22,3)14-15-30(20,24)6;1-2/h8-9,16,20,22H,7,10-15,17H2,1-6H3,(H2,31,33);1-2H3/t20?,22?,27?,28-,29?,30?;/m1./s1. The average molecular weight is 494 g/mol. The van der Waals surface area contributed by atoms with Crippen molar-refractivity contribution in [2.24, 2.45) is 39.2 Å². The number of nitrogens with two attached hydrogens (primary N) is 1. The van der Waals surface area contributed by atoms with Gasteiger partial charge in [-0.25, -0.2) is 0 Å². The molecule has 0 aromatic heterocycles. The molecule has 5 rings (SSSR count).